The summed E-state index contributed by atoms with van der Waals surface area (Å²) < 4.78 is 10.5. The van der Waals surface area contributed by atoms with Crippen LogP contribution in [0.25, 0.3) is 0 Å². The summed E-state index contributed by atoms with van der Waals surface area (Å²) in [5.41, 5.74) is 1.01. The molecule has 0 radical (unpaired) electrons. The van der Waals surface area contributed by atoms with Gasteiger partial charge in [0, 0.05) is 6.07 Å². The number of amides is 1. The standard InChI is InChI=1S/C18H17N3O6/c1-11(2)27-18(23)13-5-3-4-12(8-13)9-20-16(22)10-26-14-6-7-15(21(24)25)19-17(14)20/h3-8,11H,9-10H2,1-2H3. The summed E-state index contributed by atoms with van der Waals surface area (Å²) in [5, 5.41) is 11.0. The number of hydrogen-bond donors (Lipinski definition) is 0. The van der Waals surface area contributed by atoms with Crippen LogP contribution in [-0.2, 0) is 16.1 Å². The number of aromatic nitrogens is 1. The van der Waals surface area contributed by atoms with Crippen LogP contribution >= 0.6 is 0 Å². The van der Waals surface area contributed by atoms with E-state index in [0.717, 1.165) is 0 Å². The minimum Gasteiger partial charge on any atom is -0.477 e. The molecule has 0 saturated heterocycles. The van der Waals surface area contributed by atoms with Crippen LogP contribution in [0, 0.1) is 10.1 Å². The van der Waals surface area contributed by atoms with Crippen molar-refractivity contribution < 1.29 is 24.0 Å². The average Bonchev–Trinajstić information content (AvgIpc) is 2.63. The lowest BCUT2D eigenvalue weighted by molar-refractivity contribution is -0.389. The lowest BCUT2D eigenvalue weighted by Crippen LogP contribution is -2.39. The largest absolute Gasteiger partial charge is 0.477 e. The van der Waals surface area contributed by atoms with Crippen molar-refractivity contribution in [3.05, 3.63) is 57.6 Å². The molecule has 140 valence electrons. The third-order valence-electron chi connectivity index (χ3n) is 3.77. The number of rotatable bonds is 5. The van der Waals surface area contributed by atoms with Crippen molar-refractivity contribution >= 4 is 23.5 Å². The predicted octanol–water partition coefficient (Wildman–Crippen LogP) is 2.48. The quantitative estimate of drug-likeness (QED) is 0.451. The zero-order chi connectivity index (χ0) is 19.6. The van der Waals surface area contributed by atoms with E-state index in [1.807, 2.05) is 0 Å². The molecule has 0 aliphatic carbocycles. The summed E-state index contributed by atoms with van der Waals surface area (Å²) in [5.74, 6) is -0.863. The fraction of sp³-hybridized carbons (Fsp3) is 0.278. The predicted molar refractivity (Wildman–Crippen MR) is 94.6 cm³/mol. The Morgan fingerprint density at radius 2 is 2.15 bits per heavy atom. The van der Waals surface area contributed by atoms with Gasteiger partial charge in [0.25, 0.3) is 11.7 Å². The molecule has 1 aliphatic heterocycles. The molecule has 0 saturated carbocycles. The van der Waals surface area contributed by atoms with Gasteiger partial charge in [0.15, 0.2) is 12.4 Å². The highest BCUT2D eigenvalue weighted by Gasteiger charge is 2.32. The van der Waals surface area contributed by atoms with Crippen LogP contribution in [-0.4, -0.2) is 34.5 Å². The highest BCUT2D eigenvalue weighted by molar-refractivity contribution is 5.97. The Balaban J connectivity index is 1.90. The van der Waals surface area contributed by atoms with Crippen LogP contribution in [0.5, 0.6) is 5.75 Å². The molecule has 0 unspecified atom stereocenters. The van der Waals surface area contributed by atoms with Crippen LogP contribution in [0.2, 0.25) is 0 Å². The van der Waals surface area contributed by atoms with Crippen LogP contribution < -0.4 is 9.64 Å². The molecule has 2 heterocycles. The van der Waals surface area contributed by atoms with Gasteiger partial charge in [-0.15, -0.1) is 0 Å². The molecule has 0 atom stereocenters. The van der Waals surface area contributed by atoms with Crippen LogP contribution in [0.4, 0.5) is 11.6 Å². The van der Waals surface area contributed by atoms with Gasteiger partial charge in [-0.25, -0.2) is 4.79 Å². The highest BCUT2D eigenvalue weighted by atomic mass is 16.6. The van der Waals surface area contributed by atoms with E-state index >= 15 is 0 Å². The summed E-state index contributed by atoms with van der Waals surface area (Å²) in [6, 6.07) is 9.29. The van der Waals surface area contributed by atoms with E-state index < -0.39 is 10.9 Å². The number of nitrogens with zero attached hydrogens (tertiary/aromatic N) is 3. The summed E-state index contributed by atoms with van der Waals surface area (Å²) in [7, 11) is 0. The maximum Gasteiger partial charge on any atom is 0.366 e. The first-order chi connectivity index (χ1) is 12.8. The lowest BCUT2D eigenvalue weighted by atomic mass is 10.1. The first-order valence-corrected chi connectivity index (χ1v) is 8.23. The Labute approximate surface area is 154 Å². The maximum absolute atomic E-state index is 12.3. The number of anilines is 1. The van der Waals surface area contributed by atoms with E-state index in [1.165, 1.54) is 17.0 Å². The second-order valence-electron chi connectivity index (χ2n) is 6.17. The van der Waals surface area contributed by atoms with E-state index in [9.17, 15) is 19.7 Å². The lowest BCUT2D eigenvalue weighted by Gasteiger charge is -2.25. The third-order valence-corrected chi connectivity index (χ3v) is 3.77. The van der Waals surface area contributed by atoms with Gasteiger partial charge < -0.3 is 19.6 Å². The van der Waals surface area contributed by atoms with Crippen molar-refractivity contribution in [3.63, 3.8) is 0 Å². The molecule has 1 aromatic carbocycles. The zero-order valence-corrected chi connectivity index (χ0v) is 14.7. The molecule has 2 aromatic rings. The SMILES string of the molecule is CC(C)OC(=O)c1cccc(CN2C(=O)COc3ccc([N+](=O)[O-])nc32)c1. The van der Waals surface area contributed by atoms with Gasteiger partial charge in [-0.2, -0.15) is 0 Å². The molecule has 0 spiro atoms. The average molecular weight is 371 g/mol. The van der Waals surface area contributed by atoms with Crippen molar-refractivity contribution in [2.24, 2.45) is 0 Å². The van der Waals surface area contributed by atoms with E-state index in [4.69, 9.17) is 9.47 Å². The fourth-order valence-electron chi connectivity index (χ4n) is 2.59. The number of benzene rings is 1. The van der Waals surface area contributed by atoms with Crippen molar-refractivity contribution in [1.29, 1.82) is 0 Å². The minimum atomic E-state index is -0.639. The Hall–Kier alpha value is -3.49. The number of fused-ring (bicyclic) bond motifs is 1. The van der Waals surface area contributed by atoms with Crippen molar-refractivity contribution in [2.45, 2.75) is 26.5 Å². The molecule has 1 aliphatic rings. The van der Waals surface area contributed by atoms with Gasteiger partial charge >= 0.3 is 11.8 Å². The smallest absolute Gasteiger partial charge is 0.366 e. The van der Waals surface area contributed by atoms with Gasteiger partial charge in [0.1, 0.15) is 0 Å². The van der Waals surface area contributed by atoms with Crippen LogP contribution in [0.3, 0.4) is 0 Å². The Bertz CT molecular complexity index is 912. The molecule has 1 amide bonds. The number of nitro groups is 1. The second kappa shape index (κ2) is 7.40. The van der Waals surface area contributed by atoms with Gasteiger partial charge in [-0.1, -0.05) is 12.1 Å². The molecule has 0 bridgehead atoms. The summed E-state index contributed by atoms with van der Waals surface area (Å²) in [4.78, 5) is 40.0. The highest BCUT2D eigenvalue weighted by Crippen LogP contribution is 2.33. The molecule has 1 aromatic heterocycles. The molecule has 27 heavy (non-hydrogen) atoms. The molecular weight excluding hydrogens is 354 g/mol. The number of carbonyl (C=O) groups is 2. The number of hydrogen-bond acceptors (Lipinski definition) is 7. The number of ether oxygens (including phenoxy) is 2. The van der Waals surface area contributed by atoms with Gasteiger partial charge in [-0.05, 0) is 47.5 Å². The number of esters is 1. The van der Waals surface area contributed by atoms with E-state index in [-0.39, 0.29) is 42.5 Å². The monoisotopic (exact) mass is 371 g/mol. The van der Waals surface area contributed by atoms with Crippen LogP contribution in [0.15, 0.2) is 36.4 Å². The second-order valence-corrected chi connectivity index (χ2v) is 6.17. The fourth-order valence-corrected chi connectivity index (χ4v) is 2.59. The van der Waals surface area contributed by atoms with Gasteiger partial charge in [0.2, 0.25) is 0 Å². The van der Waals surface area contributed by atoms with Crippen molar-refractivity contribution in [3.8, 4) is 5.75 Å². The molecule has 9 heteroatoms. The van der Waals surface area contributed by atoms with Gasteiger partial charge in [0.05, 0.1) is 18.2 Å². The molecule has 3 rings (SSSR count). The Morgan fingerprint density at radius 1 is 1.37 bits per heavy atom. The Kier molecular flexibility index (Phi) is 5.02. The Morgan fingerprint density at radius 3 is 2.85 bits per heavy atom. The van der Waals surface area contributed by atoms with E-state index in [0.29, 0.717) is 11.1 Å². The maximum atomic E-state index is 12.3. The van der Waals surface area contributed by atoms with Crippen molar-refractivity contribution in [2.75, 3.05) is 11.5 Å². The third kappa shape index (κ3) is 4.02. The van der Waals surface area contributed by atoms with E-state index in [2.05, 4.69) is 4.98 Å². The molecule has 0 fully saturated rings. The number of carbonyl (C=O) groups excluding carboxylic acids is 2. The van der Waals surface area contributed by atoms with Crippen LogP contribution in [0.1, 0.15) is 29.8 Å². The normalized spacial score (nSPS) is 13.1. The topological polar surface area (TPSA) is 112 Å². The van der Waals surface area contributed by atoms with Crippen molar-refractivity contribution in [1.82, 2.24) is 4.98 Å². The zero-order valence-electron chi connectivity index (χ0n) is 14.7. The molecule has 9 nitrogen and oxygen atoms in total. The molecule has 0 N–H and O–H groups in total. The summed E-state index contributed by atoms with van der Waals surface area (Å²) >= 11 is 0. The summed E-state index contributed by atoms with van der Waals surface area (Å²) in [6.07, 6.45) is -0.251. The van der Waals surface area contributed by atoms with Gasteiger partial charge in [-0.3, -0.25) is 9.69 Å². The van der Waals surface area contributed by atoms with E-state index in [1.54, 1.807) is 38.1 Å². The number of pyridine rings is 1. The first kappa shape index (κ1) is 18.3. The first-order valence-electron chi connectivity index (χ1n) is 8.23. The molecular formula is C18H17N3O6. The summed E-state index contributed by atoms with van der Waals surface area (Å²) in [6.45, 7) is 3.40. The minimum absolute atomic E-state index is 0.0793.